The van der Waals surface area contributed by atoms with E-state index in [0.717, 1.165) is 51.9 Å². The van der Waals surface area contributed by atoms with Gasteiger partial charge in [-0.1, -0.05) is 13.3 Å². The van der Waals surface area contributed by atoms with Crippen molar-refractivity contribution in [2.45, 2.75) is 50.4 Å². The van der Waals surface area contributed by atoms with Crippen LogP contribution in [0.25, 0.3) is 0 Å². The Morgan fingerprint density at radius 1 is 1.30 bits per heavy atom. The van der Waals surface area contributed by atoms with Crippen LogP contribution in [-0.2, 0) is 4.79 Å². The molecule has 2 aliphatic heterocycles. The molecule has 0 aromatic heterocycles. The van der Waals surface area contributed by atoms with Gasteiger partial charge in [0.25, 0.3) is 0 Å². The summed E-state index contributed by atoms with van der Waals surface area (Å²) in [5.41, 5.74) is -0.168. The maximum absolute atomic E-state index is 12.7. The lowest BCUT2D eigenvalue weighted by molar-refractivity contribution is -0.131. The first kappa shape index (κ1) is 14.3. The monoisotopic (exact) mass is 280 g/mol. The Labute approximate surface area is 122 Å². The van der Waals surface area contributed by atoms with Gasteiger partial charge in [-0.15, -0.1) is 0 Å². The van der Waals surface area contributed by atoms with Gasteiger partial charge >= 0.3 is 0 Å². The third-order valence-electron chi connectivity index (χ3n) is 5.19. The van der Waals surface area contributed by atoms with Crippen LogP contribution in [0, 0.1) is 0 Å². The van der Waals surface area contributed by atoms with E-state index in [-0.39, 0.29) is 11.7 Å². The zero-order valence-electron chi connectivity index (χ0n) is 13.1. The second kappa shape index (κ2) is 5.28. The topological polar surface area (TPSA) is 38.8 Å². The molecule has 114 valence electrons. The number of amides is 1. The second-order valence-corrected chi connectivity index (χ2v) is 6.89. The molecule has 1 N–H and O–H groups in total. The van der Waals surface area contributed by atoms with Gasteiger partial charge in [-0.2, -0.15) is 0 Å². The van der Waals surface area contributed by atoms with E-state index in [1.165, 1.54) is 0 Å². The normalized spacial score (nSPS) is 34.1. The van der Waals surface area contributed by atoms with Crippen LogP contribution >= 0.6 is 0 Å². The van der Waals surface area contributed by atoms with Gasteiger partial charge in [-0.3, -0.25) is 15.0 Å². The van der Waals surface area contributed by atoms with Gasteiger partial charge in [0.1, 0.15) is 0 Å². The standard InChI is InChI=1S/C15H28N4O/c1-4-5-13-16-15(6-7-15)14(20)19(13)11-12-10-17(2)8-9-18(12)3/h12-13,16H,4-11H2,1-3H3. The highest BCUT2D eigenvalue weighted by molar-refractivity contribution is 5.91. The molecule has 5 heteroatoms. The lowest BCUT2D eigenvalue weighted by Crippen LogP contribution is -2.56. The van der Waals surface area contributed by atoms with Crippen LogP contribution in [0.4, 0.5) is 0 Å². The van der Waals surface area contributed by atoms with E-state index in [1.807, 2.05) is 0 Å². The van der Waals surface area contributed by atoms with Crippen molar-refractivity contribution in [2.24, 2.45) is 0 Å². The molecule has 2 unspecified atom stereocenters. The molecule has 5 nitrogen and oxygen atoms in total. The molecule has 3 rings (SSSR count). The summed E-state index contributed by atoms with van der Waals surface area (Å²) in [4.78, 5) is 19.6. The molecule has 0 aromatic carbocycles. The maximum Gasteiger partial charge on any atom is 0.244 e. The molecule has 0 bridgehead atoms. The Bertz CT molecular complexity index is 382. The summed E-state index contributed by atoms with van der Waals surface area (Å²) in [6.45, 7) is 6.36. The Morgan fingerprint density at radius 3 is 2.70 bits per heavy atom. The second-order valence-electron chi connectivity index (χ2n) is 6.89. The highest BCUT2D eigenvalue weighted by atomic mass is 16.2. The number of nitrogens with one attached hydrogen (secondary N) is 1. The summed E-state index contributed by atoms with van der Waals surface area (Å²) >= 11 is 0. The Balaban J connectivity index is 1.69. The van der Waals surface area contributed by atoms with Gasteiger partial charge in [0.15, 0.2) is 0 Å². The lowest BCUT2D eigenvalue weighted by atomic mass is 10.1. The number of carbonyl (C=O) groups excluding carboxylic acids is 1. The van der Waals surface area contributed by atoms with Crippen LogP contribution in [0.1, 0.15) is 32.6 Å². The molecule has 3 aliphatic rings. The molecule has 1 aliphatic carbocycles. The molecular weight excluding hydrogens is 252 g/mol. The smallest absolute Gasteiger partial charge is 0.244 e. The van der Waals surface area contributed by atoms with Crippen LogP contribution in [0.5, 0.6) is 0 Å². The first-order chi connectivity index (χ1) is 9.55. The average molecular weight is 280 g/mol. The van der Waals surface area contributed by atoms with Gasteiger partial charge < -0.3 is 9.80 Å². The fourth-order valence-corrected chi connectivity index (χ4v) is 3.60. The van der Waals surface area contributed by atoms with E-state index >= 15 is 0 Å². The molecule has 0 radical (unpaired) electrons. The van der Waals surface area contributed by atoms with E-state index in [0.29, 0.717) is 11.9 Å². The van der Waals surface area contributed by atoms with Crippen LogP contribution < -0.4 is 5.32 Å². The number of hydrogen-bond acceptors (Lipinski definition) is 4. The summed E-state index contributed by atoms with van der Waals surface area (Å²) in [7, 11) is 4.36. The number of rotatable bonds is 4. The van der Waals surface area contributed by atoms with E-state index in [4.69, 9.17) is 0 Å². The van der Waals surface area contributed by atoms with Crippen molar-refractivity contribution in [3.8, 4) is 0 Å². The average Bonchev–Trinajstić information content (AvgIpc) is 3.14. The minimum atomic E-state index is -0.168. The molecular formula is C15H28N4O. The predicted molar refractivity (Wildman–Crippen MR) is 79.4 cm³/mol. The van der Waals surface area contributed by atoms with Crippen LogP contribution in [0.15, 0.2) is 0 Å². The van der Waals surface area contributed by atoms with Crippen molar-refractivity contribution in [1.82, 2.24) is 20.0 Å². The van der Waals surface area contributed by atoms with E-state index in [9.17, 15) is 4.79 Å². The quantitative estimate of drug-likeness (QED) is 0.805. The van der Waals surface area contributed by atoms with Crippen molar-refractivity contribution < 1.29 is 4.79 Å². The van der Waals surface area contributed by atoms with Crippen molar-refractivity contribution in [1.29, 1.82) is 0 Å². The number of nitrogens with zero attached hydrogens (tertiary/aromatic N) is 3. The van der Waals surface area contributed by atoms with Gasteiger partial charge in [0.2, 0.25) is 5.91 Å². The number of hydrogen-bond donors (Lipinski definition) is 1. The molecule has 2 atom stereocenters. The Kier molecular flexibility index (Phi) is 3.77. The first-order valence-electron chi connectivity index (χ1n) is 8.03. The number of likely N-dealkylation sites (N-methyl/N-ethyl adjacent to an activating group) is 2. The molecule has 3 fully saturated rings. The van der Waals surface area contributed by atoms with Gasteiger partial charge in [0, 0.05) is 32.2 Å². The zero-order chi connectivity index (χ0) is 14.3. The summed E-state index contributed by atoms with van der Waals surface area (Å²) in [6, 6.07) is 0.466. The molecule has 1 saturated carbocycles. The van der Waals surface area contributed by atoms with Crippen molar-refractivity contribution in [2.75, 3.05) is 40.3 Å². The van der Waals surface area contributed by atoms with Crippen molar-refractivity contribution in [3.63, 3.8) is 0 Å². The summed E-state index contributed by atoms with van der Waals surface area (Å²) in [6.07, 6.45) is 4.51. The largest absolute Gasteiger partial charge is 0.324 e. The highest BCUT2D eigenvalue weighted by Gasteiger charge is 2.58. The summed E-state index contributed by atoms with van der Waals surface area (Å²) in [5.74, 6) is 0.359. The number of carbonyl (C=O) groups is 1. The molecule has 2 saturated heterocycles. The van der Waals surface area contributed by atoms with E-state index in [2.05, 4.69) is 41.0 Å². The Morgan fingerprint density at radius 2 is 2.05 bits per heavy atom. The highest BCUT2D eigenvalue weighted by Crippen LogP contribution is 2.42. The number of piperazine rings is 1. The van der Waals surface area contributed by atoms with Crippen molar-refractivity contribution in [3.05, 3.63) is 0 Å². The fraction of sp³-hybridized carbons (Fsp3) is 0.933. The predicted octanol–water partition coefficient (Wildman–Crippen LogP) is 0.323. The van der Waals surface area contributed by atoms with Gasteiger partial charge in [-0.05, 0) is 33.4 Å². The minimum absolute atomic E-state index is 0.168. The fourth-order valence-electron chi connectivity index (χ4n) is 3.60. The maximum atomic E-state index is 12.7. The van der Waals surface area contributed by atoms with Crippen LogP contribution in [0.2, 0.25) is 0 Å². The van der Waals surface area contributed by atoms with Gasteiger partial charge in [-0.25, -0.2) is 0 Å². The molecule has 20 heavy (non-hydrogen) atoms. The van der Waals surface area contributed by atoms with Gasteiger partial charge in [0.05, 0.1) is 11.7 Å². The van der Waals surface area contributed by atoms with E-state index in [1.54, 1.807) is 0 Å². The minimum Gasteiger partial charge on any atom is -0.324 e. The van der Waals surface area contributed by atoms with Crippen LogP contribution in [-0.4, -0.2) is 78.6 Å². The third kappa shape index (κ3) is 2.47. The van der Waals surface area contributed by atoms with E-state index < -0.39 is 0 Å². The zero-order valence-corrected chi connectivity index (χ0v) is 13.1. The molecule has 1 spiro atoms. The molecule has 0 aromatic rings. The SMILES string of the molecule is CCCC1NC2(CC2)C(=O)N1CC1CN(C)CCN1C. The first-order valence-corrected chi connectivity index (χ1v) is 8.03. The molecule has 1 amide bonds. The summed E-state index contributed by atoms with van der Waals surface area (Å²) in [5, 5.41) is 3.60. The lowest BCUT2D eigenvalue weighted by Gasteiger charge is -2.40. The van der Waals surface area contributed by atoms with Crippen molar-refractivity contribution >= 4 is 5.91 Å². The molecule has 2 heterocycles. The summed E-state index contributed by atoms with van der Waals surface area (Å²) < 4.78 is 0. The Hall–Kier alpha value is -0.650. The van der Waals surface area contributed by atoms with Crippen LogP contribution in [0.3, 0.4) is 0 Å². The third-order valence-corrected chi connectivity index (χ3v) is 5.19.